The van der Waals surface area contributed by atoms with Crippen LogP contribution in [0.4, 0.5) is 0 Å². The topological polar surface area (TPSA) is 34.1 Å². The normalized spacial score (nSPS) is 16.8. The first-order valence-corrected chi connectivity index (χ1v) is 9.99. The summed E-state index contributed by atoms with van der Waals surface area (Å²) < 4.78 is 0. The third kappa shape index (κ3) is 6.42. The second-order valence-electron chi connectivity index (χ2n) is 6.47. The summed E-state index contributed by atoms with van der Waals surface area (Å²) >= 11 is 1.85. The molecule has 6 heteroatoms. The first kappa shape index (κ1) is 19.2. The molecule has 0 aromatic carbocycles. The molecule has 1 aromatic rings. The van der Waals surface area contributed by atoms with Gasteiger partial charge in [-0.15, -0.1) is 11.3 Å². The molecule has 5 nitrogen and oxygen atoms in total. The molecule has 24 heavy (non-hydrogen) atoms. The molecule has 0 bridgehead atoms. The maximum absolute atomic E-state index is 4.47. The van der Waals surface area contributed by atoms with Gasteiger partial charge in [0.15, 0.2) is 5.96 Å². The fourth-order valence-electron chi connectivity index (χ4n) is 2.97. The van der Waals surface area contributed by atoms with Gasteiger partial charge >= 0.3 is 0 Å². The van der Waals surface area contributed by atoms with E-state index in [2.05, 4.69) is 56.5 Å². The van der Waals surface area contributed by atoms with Crippen LogP contribution in [0.2, 0.25) is 0 Å². The van der Waals surface area contributed by atoms with Gasteiger partial charge in [0.25, 0.3) is 0 Å². The van der Waals surface area contributed by atoms with Gasteiger partial charge in [0.05, 0.1) is 0 Å². The molecule has 0 atom stereocenters. The Kier molecular flexibility index (Phi) is 8.56. The van der Waals surface area contributed by atoms with Crippen LogP contribution in [0.15, 0.2) is 22.5 Å². The summed E-state index contributed by atoms with van der Waals surface area (Å²) in [5.74, 6) is 1.05. The molecule has 0 spiro atoms. The molecule has 1 aliphatic rings. The highest BCUT2D eigenvalue weighted by Crippen LogP contribution is 2.13. The predicted octanol–water partition coefficient (Wildman–Crippen LogP) is 2.17. The smallest absolute Gasteiger partial charge is 0.193 e. The zero-order chi connectivity index (χ0) is 17.2. The van der Waals surface area contributed by atoms with Crippen LogP contribution in [-0.2, 0) is 6.54 Å². The summed E-state index contributed by atoms with van der Waals surface area (Å²) in [6, 6.07) is 4.37. The van der Waals surface area contributed by atoms with Crippen molar-refractivity contribution < 1.29 is 0 Å². The van der Waals surface area contributed by atoms with Crippen molar-refractivity contribution in [1.29, 1.82) is 0 Å². The average Bonchev–Trinajstić information content (AvgIpc) is 3.11. The SMILES string of the molecule is CCCCN(C)CCNC(=NC)N1CCN(Cc2cccs2)CC1. The summed E-state index contributed by atoms with van der Waals surface area (Å²) in [5, 5.41) is 5.69. The van der Waals surface area contributed by atoms with Gasteiger partial charge in [-0.25, -0.2) is 0 Å². The lowest BCUT2D eigenvalue weighted by Gasteiger charge is -2.36. The molecule has 136 valence electrons. The van der Waals surface area contributed by atoms with E-state index in [0.29, 0.717) is 0 Å². The molecule has 0 saturated carbocycles. The van der Waals surface area contributed by atoms with E-state index in [1.165, 1.54) is 24.3 Å². The van der Waals surface area contributed by atoms with Crippen LogP contribution < -0.4 is 5.32 Å². The number of piperazine rings is 1. The molecule has 1 aromatic heterocycles. The number of hydrogen-bond donors (Lipinski definition) is 1. The van der Waals surface area contributed by atoms with E-state index in [9.17, 15) is 0 Å². The van der Waals surface area contributed by atoms with Gasteiger partial charge in [0, 0.05) is 57.7 Å². The number of guanidine groups is 1. The number of aliphatic imine (C=N–C) groups is 1. The number of hydrogen-bond acceptors (Lipinski definition) is 4. The lowest BCUT2D eigenvalue weighted by atomic mass is 10.3. The molecule has 0 radical (unpaired) electrons. The van der Waals surface area contributed by atoms with E-state index in [1.807, 2.05) is 18.4 Å². The van der Waals surface area contributed by atoms with Gasteiger partial charge in [-0.3, -0.25) is 9.89 Å². The van der Waals surface area contributed by atoms with Gasteiger partial charge in [-0.2, -0.15) is 0 Å². The molecule has 0 amide bonds. The van der Waals surface area contributed by atoms with Crippen LogP contribution in [0.25, 0.3) is 0 Å². The van der Waals surface area contributed by atoms with Crippen LogP contribution in [0.3, 0.4) is 0 Å². The maximum atomic E-state index is 4.47. The largest absolute Gasteiger partial charge is 0.355 e. The second-order valence-corrected chi connectivity index (χ2v) is 7.51. The molecule has 0 aliphatic carbocycles. The monoisotopic (exact) mass is 351 g/mol. The van der Waals surface area contributed by atoms with Crippen molar-refractivity contribution in [1.82, 2.24) is 20.0 Å². The van der Waals surface area contributed by atoms with Gasteiger partial charge in [0.1, 0.15) is 0 Å². The zero-order valence-corrected chi connectivity index (χ0v) is 16.3. The average molecular weight is 352 g/mol. The third-order valence-corrected chi connectivity index (χ3v) is 5.37. The maximum Gasteiger partial charge on any atom is 0.193 e. The molecule has 1 N–H and O–H groups in total. The van der Waals surface area contributed by atoms with Crippen molar-refractivity contribution in [3.8, 4) is 0 Å². The minimum atomic E-state index is 0.961. The number of rotatable bonds is 8. The first-order valence-electron chi connectivity index (χ1n) is 9.11. The Morgan fingerprint density at radius 3 is 2.71 bits per heavy atom. The lowest BCUT2D eigenvalue weighted by Crippen LogP contribution is -2.52. The highest BCUT2D eigenvalue weighted by atomic mass is 32.1. The van der Waals surface area contributed by atoms with Crippen molar-refractivity contribution in [2.75, 3.05) is 59.9 Å². The van der Waals surface area contributed by atoms with Crippen molar-refractivity contribution in [2.45, 2.75) is 26.3 Å². The summed E-state index contributed by atoms with van der Waals surface area (Å²) in [6.07, 6.45) is 2.53. The van der Waals surface area contributed by atoms with Crippen molar-refractivity contribution in [2.24, 2.45) is 4.99 Å². The lowest BCUT2D eigenvalue weighted by molar-refractivity contribution is 0.173. The molecule has 1 saturated heterocycles. The quantitative estimate of drug-likeness (QED) is 0.575. The Bertz CT molecular complexity index is 466. The molecule has 0 unspecified atom stereocenters. The molecular formula is C18H33N5S. The predicted molar refractivity (Wildman–Crippen MR) is 105 cm³/mol. The first-order chi connectivity index (χ1) is 11.7. The van der Waals surface area contributed by atoms with Crippen molar-refractivity contribution in [3.63, 3.8) is 0 Å². The van der Waals surface area contributed by atoms with Crippen molar-refractivity contribution >= 4 is 17.3 Å². The van der Waals surface area contributed by atoms with E-state index in [0.717, 1.165) is 51.8 Å². The van der Waals surface area contributed by atoms with Crippen LogP contribution in [-0.4, -0.2) is 80.6 Å². The van der Waals surface area contributed by atoms with Gasteiger partial charge in [-0.05, 0) is 31.5 Å². The Morgan fingerprint density at radius 2 is 2.08 bits per heavy atom. The van der Waals surface area contributed by atoms with Gasteiger partial charge < -0.3 is 15.1 Å². The summed E-state index contributed by atoms with van der Waals surface area (Å²) in [7, 11) is 4.09. The van der Waals surface area contributed by atoms with Gasteiger partial charge in [-0.1, -0.05) is 19.4 Å². The number of likely N-dealkylation sites (N-methyl/N-ethyl adjacent to an activating group) is 1. The van der Waals surface area contributed by atoms with Crippen LogP contribution in [0.5, 0.6) is 0 Å². The Labute approximate surface area is 151 Å². The highest BCUT2D eigenvalue weighted by molar-refractivity contribution is 7.09. The van der Waals surface area contributed by atoms with Crippen LogP contribution in [0, 0.1) is 0 Å². The van der Waals surface area contributed by atoms with E-state index in [-0.39, 0.29) is 0 Å². The molecular weight excluding hydrogens is 318 g/mol. The molecule has 1 aliphatic heterocycles. The summed E-state index contributed by atoms with van der Waals surface area (Å²) in [5.41, 5.74) is 0. The van der Waals surface area contributed by atoms with E-state index < -0.39 is 0 Å². The summed E-state index contributed by atoms with van der Waals surface area (Å²) in [6.45, 7) is 10.8. The van der Waals surface area contributed by atoms with Gasteiger partial charge in [0.2, 0.25) is 0 Å². The van der Waals surface area contributed by atoms with Crippen LogP contribution >= 0.6 is 11.3 Å². The number of thiophene rings is 1. The standard InChI is InChI=1S/C18H33N5S/c1-4-5-9-21(3)10-8-20-18(19-2)23-13-11-22(12-14-23)16-17-7-6-15-24-17/h6-7,15H,4-5,8-14,16H2,1-3H3,(H,19,20). The Morgan fingerprint density at radius 1 is 1.29 bits per heavy atom. The zero-order valence-electron chi connectivity index (χ0n) is 15.5. The van der Waals surface area contributed by atoms with Crippen LogP contribution in [0.1, 0.15) is 24.6 Å². The van der Waals surface area contributed by atoms with E-state index in [4.69, 9.17) is 0 Å². The van der Waals surface area contributed by atoms with E-state index in [1.54, 1.807) is 0 Å². The third-order valence-electron chi connectivity index (χ3n) is 4.51. The second kappa shape index (κ2) is 10.7. The summed E-state index contributed by atoms with van der Waals surface area (Å²) in [4.78, 5) is 13.2. The minimum absolute atomic E-state index is 0.961. The number of nitrogens with zero attached hydrogens (tertiary/aromatic N) is 4. The highest BCUT2D eigenvalue weighted by Gasteiger charge is 2.19. The molecule has 2 heterocycles. The van der Waals surface area contributed by atoms with E-state index >= 15 is 0 Å². The fourth-order valence-corrected chi connectivity index (χ4v) is 3.72. The minimum Gasteiger partial charge on any atom is -0.355 e. The van der Waals surface area contributed by atoms with Crippen molar-refractivity contribution in [3.05, 3.63) is 22.4 Å². The Hall–Kier alpha value is -1.11. The molecule has 2 rings (SSSR count). The Balaban J connectivity index is 1.67. The number of unbranched alkanes of at least 4 members (excludes halogenated alkanes) is 1. The molecule has 1 fully saturated rings. The number of nitrogens with one attached hydrogen (secondary N) is 1. The fraction of sp³-hybridized carbons (Fsp3) is 0.722.